The lowest BCUT2D eigenvalue weighted by Gasteiger charge is -2.38. The van der Waals surface area contributed by atoms with Gasteiger partial charge in [0.2, 0.25) is 5.91 Å². The van der Waals surface area contributed by atoms with Crippen LogP contribution in [0.1, 0.15) is 11.6 Å². The Morgan fingerprint density at radius 1 is 1.45 bits per heavy atom. The van der Waals surface area contributed by atoms with Crippen LogP contribution in [0.15, 0.2) is 30.3 Å². The minimum Gasteiger partial charge on any atom is -0.395 e. The van der Waals surface area contributed by atoms with Crippen LogP contribution < -0.4 is 5.32 Å². The molecule has 1 aliphatic heterocycles. The van der Waals surface area contributed by atoms with Gasteiger partial charge >= 0.3 is 0 Å². The summed E-state index contributed by atoms with van der Waals surface area (Å²) >= 11 is 0. The van der Waals surface area contributed by atoms with Crippen molar-refractivity contribution in [1.82, 2.24) is 10.2 Å². The average molecular weight is 278 g/mol. The first-order valence-corrected chi connectivity index (χ1v) is 6.46. The quantitative estimate of drug-likeness (QED) is 0.792. The molecule has 1 aromatic carbocycles. The molecule has 1 aliphatic rings. The molecule has 1 heterocycles. The fourth-order valence-electron chi connectivity index (χ4n) is 2.26. The van der Waals surface area contributed by atoms with Crippen LogP contribution in [0.2, 0.25) is 0 Å². The van der Waals surface area contributed by atoms with Gasteiger partial charge in [0.15, 0.2) is 6.10 Å². The summed E-state index contributed by atoms with van der Waals surface area (Å²) in [5, 5.41) is 11.4. The lowest BCUT2D eigenvalue weighted by molar-refractivity contribution is -0.162. The second kappa shape index (κ2) is 6.49. The number of hydrogen-bond acceptors (Lipinski definition) is 4. The summed E-state index contributed by atoms with van der Waals surface area (Å²) in [6.45, 7) is -0.0852. The van der Waals surface area contributed by atoms with E-state index in [0.717, 1.165) is 5.56 Å². The van der Waals surface area contributed by atoms with Gasteiger partial charge in [-0.3, -0.25) is 9.59 Å². The summed E-state index contributed by atoms with van der Waals surface area (Å²) in [6.07, 6.45) is -0.772. The highest BCUT2D eigenvalue weighted by atomic mass is 16.5. The van der Waals surface area contributed by atoms with E-state index in [2.05, 4.69) is 5.32 Å². The SMILES string of the molecule is CN1C(=O)CO[C@@H](C(=O)NCCO)[C@H]1c1ccccc1. The molecule has 0 bridgehead atoms. The summed E-state index contributed by atoms with van der Waals surface area (Å²) in [7, 11) is 1.66. The van der Waals surface area contributed by atoms with Gasteiger partial charge < -0.3 is 20.1 Å². The molecule has 0 aliphatic carbocycles. The maximum absolute atomic E-state index is 12.1. The van der Waals surface area contributed by atoms with Crippen molar-refractivity contribution in [3.05, 3.63) is 35.9 Å². The minimum absolute atomic E-state index is 0.114. The van der Waals surface area contributed by atoms with Crippen molar-refractivity contribution in [2.45, 2.75) is 12.1 Å². The Morgan fingerprint density at radius 2 is 2.15 bits per heavy atom. The van der Waals surface area contributed by atoms with Gasteiger partial charge in [-0.25, -0.2) is 0 Å². The third kappa shape index (κ3) is 2.97. The van der Waals surface area contributed by atoms with E-state index in [0.29, 0.717) is 0 Å². The Hall–Kier alpha value is -1.92. The lowest BCUT2D eigenvalue weighted by atomic mass is 9.97. The zero-order valence-corrected chi connectivity index (χ0v) is 11.3. The summed E-state index contributed by atoms with van der Waals surface area (Å²) in [4.78, 5) is 25.4. The molecular weight excluding hydrogens is 260 g/mol. The van der Waals surface area contributed by atoms with Gasteiger partial charge in [-0.1, -0.05) is 30.3 Å². The van der Waals surface area contributed by atoms with Gasteiger partial charge in [0.05, 0.1) is 12.6 Å². The number of carbonyl (C=O) groups is 2. The van der Waals surface area contributed by atoms with Gasteiger partial charge in [0.25, 0.3) is 5.91 Å². The predicted molar refractivity (Wildman–Crippen MR) is 71.8 cm³/mol. The first-order chi connectivity index (χ1) is 9.65. The zero-order valence-electron chi connectivity index (χ0n) is 11.3. The highest BCUT2D eigenvalue weighted by Crippen LogP contribution is 2.28. The standard InChI is InChI=1S/C14H18N2O4/c1-16-11(18)9-20-13(14(19)15-7-8-17)12(16)10-5-3-2-4-6-10/h2-6,12-13,17H,7-9H2,1H3,(H,15,19)/t12-,13-/m1/s1. The molecule has 2 N–H and O–H groups in total. The Labute approximate surface area is 117 Å². The molecule has 0 radical (unpaired) electrons. The number of nitrogens with zero attached hydrogens (tertiary/aromatic N) is 1. The van der Waals surface area contributed by atoms with Crippen molar-refractivity contribution in [2.24, 2.45) is 0 Å². The number of morpholine rings is 1. The molecule has 0 aromatic heterocycles. The monoisotopic (exact) mass is 278 g/mol. The number of aliphatic hydroxyl groups excluding tert-OH is 1. The highest BCUT2D eigenvalue weighted by Gasteiger charge is 2.39. The van der Waals surface area contributed by atoms with Crippen LogP contribution in [-0.4, -0.2) is 54.7 Å². The molecule has 6 nitrogen and oxygen atoms in total. The average Bonchev–Trinajstić information content (AvgIpc) is 2.48. The number of rotatable bonds is 4. The normalized spacial score (nSPS) is 22.7. The Bertz CT molecular complexity index is 477. The Kier molecular flexibility index (Phi) is 4.70. The van der Waals surface area contributed by atoms with E-state index in [1.54, 1.807) is 7.05 Å². The van der Waals surface area contributed by atoms with Crippen LogP contribution in [-0.2, 0) is 14.3 Å². The van der Waals surface area contributed by atoms with E-state index < -0.39 is 12.1 Å². The van der Waals surface area contributed by atoms with E-state index in [4.69, 9.17) is 9.84 Å². The van der Waals surface area contributed by atoms with E-state index in [-0.39, 0.29) is 31.6 Å². The highest BCUT2D eigenvalue weighted by molar-refractivity contribution is 5.86. The minimum atomic E-state index is -0.772. The number of benzene rings is 1. The number of nitrogens with one attached hydrogen (secondary N) is 1. The first-order valence-electron chi connectivity index (χ1n) is 6.46. The molecule has 2 amide bonds. The summed E-state index contributed by atoms with van der Waals surface area (Å²) in [6, 6.07) is 8.83. The van der Waals surface area contributed by atoms with Crippen molar-refractivity contribution in [3.63, 3.8) is 0 Å². The van der Waals surface area contributed by atoms with Crippen LogP contribution in [0.4, 0.5) is 0 Å². The zero-order chi connectivity index (χ0) is 14.5. The summed E-state index contributed by atoms with van der Waals surface area (Å²) in [5.74, 6) is -0.489. The predicted octanol–water partition coefficient (Wildman–Crippen LogP) is -0.307. The van der Waals surface area contributed by atoms with E-state index in [1.165, 1.54) is 4.90 Å². The largest absolute Gasteiger partial charge is 0.395 e. The molecule has 0 unspecified atom stereocenters. The molecule has 20 heavy (non-hydrogen) atoms. The van der Waals surface area contributed by atoms with E-state index in [1.807, 2.05) is 30.3 Å². The molecule has 108 valence electrons. The van der Waals surface area contributed by atoms with Crippen LogP contribution in [0.5, 0.6) is 0 Å². The van der Waals surface area contributed by atoms with Crippen LogP contribution in [0.25, 0.3) is 0 Å². The third-order valence-electron chi connectivity index (χ3n) is 3.29. The van der Waals surface area contributed by atoms with Gasteiger partial charge in [0, 0.05) is 13.6 Å². The number of carbonyl (C=O) groups excluding carboxylic acids is 2. The maximum Gasteiger partial charge on any atom is 0.251 e. The maximum atomic E-state index is 12.1. The number of hydrogen-bond donors (Lipinski definition) is 2. The topological polar surface area (TPSA) is 78.9 Å². The second-order valence-electron chi connectivity index (χ2n) is 4.61. The van der Waals surface area contributed by atoms with Crippen molar-refractivity contribution in [1.29, 1.82) is 0 Å². The van der Waals surface area contributed by atoms with E-state index in [9.17, 15) is 9.59 Å². The molecule has 1 saturated heterocycles. The van der Waals surface area contributed by atoms with Crippen molar-refractivity contribution < 1.29 is 19.4 Å². The van der Waals surface area contributed by atoms with Crippen molar-refractivity contribution in [2.75, 3.05) is 26.8 Å². The number of aliphatic hydroxyl groups is 1. The van der Waals surface area contributed by atoms with Gasteiger partial charge in [0.1, 0.15) is 6.61 Å². The van der Waals surface area contributed by atoms with Crippen LogP contribution in [0.3, 0.4) is 0 Å². The second-order valence-corrected chi connectivity index (χ2v) is 4.61. The van der Waals surface area contributed by atoms with Crippen LogP contribution in [0, 0.1) is 0 Å². The smallest absolute Gasteiger partial charge is 0.251 e. The molecule has 1 fully saturated rings. The molecule has 6 heteroatoms. The number of amides is 2. The molecule has 2 rings (SSSR count). The summed E-state index contributed by atoms with van der Waals surface area (Å²) in [5.41, 5.74) is 0.840. The Balaban J connectivity index is 2.24. The lowest BCUT2D eigenvalue weighted by Crippen LogP contribution is -2.53. The number of ether oxygens (including phenoxy) is 1. The molecule has 2 atom stereocenters. The summed E-state index contributed by atoms with van der Waals surface area (Å²) < 4.78 is 5.40. The van der Waals surface area contributed by atoms with Gasteiger partial charge in [-0.15, -0.1) is 0 Å². The molecule has 0 spiro atoms. The first kappa shape index (κ1) is 14.5. The van der Waals surface area contributed by atoms with Crippen LogP contribution >= 0.6 is 0 Å². The number of likely N-dealkylation sites (N-methyl/N-ethyl adjacent to an activating group) is 1. The van der Waals surface area contributed by atoms with Crippen molar-refractivity contribution >= 4 is 11.8 Å². The molecule has 1 aromatic rings. The molecule has 0 saturated carbocycles. The van der Waals surface area contributed by atoms with E-state index >= 15 is 0 Å². The fraction of sp³-hybridized carbons (Fsp3) is 0.429. The Morgan fingerprint density at radius 3 is 2.80 bits per heavy atom. The third-order valence-corrected chi connectivity index (χ3v) is 3.29. The van der Waals surface area contributed by atoms with Crippen molar-refractivity contribution in [3.8, 4) is 0 Å². The molecular formula is C14H18N2O4. The fourth-order valence-corrected chi connectivity index (χ4v) is 2.26. The van der Waals surface area contributed by atoms with Gasteiger partial charge in [-0.2, -0.15) is 0 Å². The van der Waals surface area contributed by atoms with Gasteiger partial charge in [-0.05, 0) is 5.56 Å².